The molecular weight excluding hydrogens is 408 g/mol. The van der Waals surface area contributed by atoms with Crippen molar-refractivity contribution in [1.82, 2.24) is 5.32 Å². The van der Waals surface area contributed by atoms with Crippen molar-refractivity contribution in [3.63, 3.8) is 0 Å². The van der Waals surface area contributed by atoms with Gasteiger partial charge in [-0.05, 0) is 44.5 Å². The average molecular weight is 435 g/mol. The van der Waals surface area contributed by atoms with Crippen molar-refractivity contribution in [3.05, 3.63) is 71.3 Å². The number of rotatable bonds is 10. The van der Waals surface area contributed by atoms with Crippen LogP contribution in [0.3, 0.4) is 0 Å². The Balaban J connectivity index is 1.89. The van der Waals surface area contributed by atoms with Crippen LogP contribution < -0.4 is 5.32 Å². The molecule has 0 saturated carbocycles. The van der Waals surface area contributed by atoms with Gasteiger partial charge in [-0.3, -0.25) is 4.79 Å². The summed E-state index contributed by atoms with van der Waals surface area (Å²) in [5, 5.41) is 2.66. The molecule has 1 atom stereocenters. The summed E-state index contributed by atoms with van der Waals surface area (Å²) in [5.41, 5.74) is 0.284. The molecule has 0 aliphatic rings. The van der Waals surface area contributed by atoms with E-state index in [2.05, 4.69) is 5.32 Å². The van der Waals surface area contributed by atoms with Crippen LogP contribution in [0.4, 0.5) is 13.6 Å². The molecule has 0 bridgehead atoms. The maximum Gasteiger partial charge on any atom is 0.408 e. The summed E-state index contributed by atoms with van der Waals surface area (Å²) in [6.45, 7) is 5.27. The lowest BCUT2D eigenvalue weighted by Crippen LogP contribution is -2.44. The zero-order valence-corrected chi connectivity index (χ0v) is 17.8. The third-order valence-corrected chi connectivity index (χ3v) is 3.95. The van der Waals surface area contributed by atoms with Gasteiger partial charge in [0.05, 0.1) is 25.9 Å². The van der Waals surface area contributed by atoms with Crippen molar-refractivity contribution in [3.8, 4) is 0 Å². The summed E-state index contributed by atoms with van der Waals surface area (Å²) in [5.74, 6) is -2.65. The number of carbonyl (C=O) groups is 2. The van der Waals surface area contributed by atoms with Crippen LogP contribution in [0.25, 0.3) is 0 Å². The van der Waals surface area contributed by atoms with E-state index in [0.717, 1.165) is 17.7 Å². The van der Waals surface area contributed by atoms with E-state index in [0.29, 0.717) is 6.61 Å². The van der Waals surface area contributed by atoms with E-state index in [4.69, 9.17) is 14.2 Å². The normalized spacial score (nSPS) is 12.3. The molecule has 31 heavy (non-hydrogen) atoms. The molecule has 1 unspecified atom stereocenters. The van der Waals surface area contributed by atoms with Crippen molar-refractivity contribution >= 4 is 11.9 Å². The molecule has 8 heteroatoms. The third kappa shape index (κ3) is 9.23. The van der Waals surface area contributed by atoms with E-state index >= 15 is 0 Å². The molecule has 1 N–H and O–H groups in total. The number of ether oxygens (including phenoxy) is 3. The van der Waals surface area contributed by atoms with Gasteiger partial charge in [0.15, 0.2) is 17.4 Å². The van der Waals surface area contributed by atoms with Crippen molar-refractivity contribution in [2.24, 2.45) is 0 Å². The molecule has 6 nitrogen and oxygen atoms in total. The Morgan fingerprint density at radius 1 is 0.968 bits per heavy atom. The minimum absolute atomic E-state index is 0.00382. The number of benzene rings is 2. The van der Waals surface area contributed by atoms with Crippen LogP contribution in [-0.4, -0.2) is 43.3 Å². The first-order chi connectivity index (χ1) is 14.6. The smallest absolute Gasteiger partial charge is 0.408 e. The highest BCUT2D eigenvalue weighted by atomic mass is 19.2. The van der Waals surface area contributed by atoms with Crippen LogP contribution in [0.1, 0.15) is 36.7 Å². The van der Waals surface area contributed by atoms with Gasteiger partial charge in [-0.1, -0.05) is 30.3 Å². The SMILES string of the molecule is CC(C)(C)OC(=O)NC(COCC(=O)c1ccc(F)c(F)c1)COCc1ccccc1. The molecule has 0 saturated heterocycles. The van der Waals surface area contributed by atoms with Crippen molar-refractivity contribution in [2.75, 3.05) is 19.8 Å². The summed E-state index contributed by atoms with van der Waals surface area (Å²) < 4.78 is 42.6. The van der Waals surface area contributed by atoms with Gasteiger partial charge in [0.2, 0.25) is 0 Å². The van der Waals surface area contributed by atoms with Crippen LogP contribution in [0.5, 0.6) is 0 Å². The van der Waals surface area contributed by atoms with Crippen LogP contribution >= 0.6 is 0 Å². The molecule has 0 aliphatic carbocycles. The zero-order valence-electron chi connectivity index (χ0n) is 17.8. The predicted octanol–water partition coefficient (Wildman–Crippen LogP) is 4.27. The molecule has 0 spiro atoms. The fraction of sp³-hybridized carbons (Fsp3) is 0.391. The Labute approximate surface area is 180 Å². The summed E-state index contributed by atoms with van der Waals surface area (Å²) in [6.07, 6.45) is -0.642. The van der Waals surface area contributed by atoms with Crippen molar-refractivity contribution in [2.45, 2.75) is 39.0 Å². The van der Waals surface area contributed by atoms with Gasteiger partial charge < -0.3 is 19.5 Å². The monoisotopic (exact) mass is 435 g/mol. The van der Waals surface area contributed by atoms with Crippen molar-refractivity contribution in [1.29, 1.82) is 0 Å². The lowest BCUT2D eigenvalue weighted by molar-refractivity contribution is 0.0265. The third-order valence-electron chi connectivity index (χ3n) is 3.95. The van der Waals surface area contributed by atoms with Crippen LogP contribution in [0.2, 0.25) is 0 Å². The van der Waals surface area contributed by atoms with Crippen LogP contribution in [-0.2, 0) is 20.8 Å². The second-order valence-corrected chi connectivity index (χ2v) is 7.91. The van der Waals surface area contributed by atoms with E-state index in [1.165, 1.54) is 6.07 Å². The summed E-state index contributed by atoms with van der Waals surface area (Å²) in [6, 6.07) is 11.8. The number of Topliss-reactive ketones (excluding diaryl/α,β-unsaturated/α-hetero) is 1. The first kappa shape index (κ1) is 24.4. The van der Waals surface area contributed by atoms with Crippen LogP contribution in [0.15, 0.2) is 48.5 Å². The number of ketones is 1. The predicted molar refractivity (Wildman–Crippen MR) is 111 cm³/mol. The summed E-state index contributed by atoms with van der Waals surface area (Å²) in [7, 11) is 0. The van der Waals surface area contributed by atoms with Crippen molar-refractivity contribution < 1.29 is 32.6 Å². The van der Waals surface area contributed by atoms with Gasteiger partial charge >= 0.3 is 6.09 Å². The molecule has 2 aromatic carbocycles. The highest BCUT2D eigenvalue weighted by molar-refractivity contribution is 5.97. The Hall–Kier alpha value is -2.84. The second kappa shape index (κ2) is 11.5. The topological polar surface area (TPSA) is 73.9 Å². The van der Waals surface area contributed by atoms with Gasteiger partial charge in [-0.2, -0.15) is 0 Å². The molecule has 0 aromatic heterocycles. The molecule has 2 aromatic rings. The minimum Gasteiger partial charge on any atom is -0.444 e. The number of nitrogens with one attached hydrogen (secondary N) is 1. The van der Waals surface area contributed by atoms with Gasteiger partial charge in [-0.25, -0.2) is 13.6 Å². The van der Waals surface area contributed by atoms with Gasteiger partial charge in [0.25, 0.3) is 0 Å². The zero-order chi connectivity index (χ0) is 22.9. The maximum absolute atomic E-state index is 13.3. The quantitative estimate of drug-likeness (QED) is 0.564. The maximum atomic E-state index is 13.3. The number of hydrogen-bond acceptors (Lipinski definition) is 5. The number of hydrogen-bond donors (Lipinski definition) is 1. The average Bonchev–Trinajstić information content (AvgIpc) is 2.69. The summed E-state index contributed by atoms with van der Waals surface area (Å²) >= 11 is 0. The minimum atomic E-state index is -1.11. The van der Waals surface area contributed by atoms with E-state index in [1.54, 1.807) is 20.8 Å². The largest absolute Gasteiger partial charge is 0.444 e. The van der Waals surface area contributed by atoms with E-state index in [9.17, 15) is 18.4 Å². The number of alkyl carbamates (subject to hydrolysis) is 1. The standard InChI is InChI=1S/C23H27F2NO5/c1-23(2,3)31-22(28)26-18(13-29-12-16-7-5-4-6-8-16)14-30-15-21(27)17-9-10-19(24)20(25)11-17/h4-11,18H,12-15H2,1-3H3,(H,26,28). The molecular formula is C23H27F2NO5. The molecule has 1 amide bonds. The molecule has 0 aliphatic heterocycles. The van der Waals surface area contributed by atoms with Gasteiger partial charge in [-0.15, -0.1) is 0 Å². The van der Waals surface area contributed by atoms with E-state index < -0.39 is 35.2 Å². The highest BCUT2D eigenvalue weighted by Gasteiger charge is 2.20. The number of halogens is 2. The van der Waals surface area contributed by atoms with E-state index in [-0.39, 0.29) is 25.4 Å². The lowest BCUT2D eigenvalue weighted by Gasteiger charge is -2.23. The Kier molecular flexibility index (Phi) is 9.08. The number of carbonyl (C=O) groups excluding carboxylic acids is 2. The first-order valence-corrected chi connectivity index (χ1v) is 9.81. The Bertz CT molecular complexity index is 868. The second-order valence-electron chi connectivity index (χ2n) is 7.91. The molecule has 0 fully saturated rings. The first-order valence-electron chi connectivity index (χ1n) is 9.81. The Morgan fingerprint density at radius 3 is 2.29 bits per heavy atom. The molecule has 2 rings (SSSR count). The van der Waals surface area contributed by atoms with Gasteiger partial charge in [0.1, 0.15) is 12.2 Å². The van der Waals surface area contributed by atoms with E-state index in [1.807, 2.05) is 30.3 Å². The fourth-order valence-electron chi connectivity index (χ4n) is 2.55. The number of amides is 1. The highest BCUT2D eigenvalue weighted by Crippen LogP contribution is 2.10. The molecule has 168 valence electrons. The van der Waals surface area contributed by atoms with Crippen LogP contribution in [0, 0.1) is 11.6 Å². The Morgan fingerprint density at radius 2 is 1.65 bits per heavy atom. The fourth-order valence-corrected chi connectivity index (χ4v) is 2.55. The van der Waals surface area contributed by atoms with Gasteiger partial charge in [0, 0.05) is 5.56 Å². The molecule has 0 radical (unpaired) electrons. The summed E-state index contributed by atoms with van der Waals surface area (Å²) in [4.78, 5) is 24.2. The molecule has 0 heterocycles. The lowest BCUT2D eigenvalue weighted by atomic mass is 10.1.